The maximum Gasteiger partial charge on any atom is 0.359 e. The third kappa shape index (κ3) is 24.7. The van der Waals surface area contributed by atoms with E-state index in [0.29, 0.717) is 50.4 Å². The smallest absolute Gasteiger partial charge is 0.359 e. The van der Waals surface area contributed by atoms with Crippen LogP contribution in [0, 0.1) is 0 Å². The number of carboxylic acids is 3. The average molecular weight is 1570 g/mol. The van der Waals surface area contributed by atoms with Crippen molar-refractivity contribution >= 4 is 123 Å². The Hall–Kier alpha value is -13.5. The van der Waals surface area contributed by atoms with Gasteiger partial charge in [0.15, 0.2) is 30.5 Å². The van der Waals surface area contributed by atoms with Gasteiger partial charge < -0.3 is 120 Å². The number of nitrogens with zero attached hydrogens (tertiary/aromatic N) is 14. The first kappa shape index (κ1) is 85.1. The third-order valence-electron chi connectivity index (χ3n) is 17.8. The van der Waals surface area contributed by atoms with Crippen LogP contribution in [-0.2, 0) is 85.1 Å². The molecular weight excluding hydrogens is 1470 g/mol. The van der Waals surface area contributed by atoms with Gasteiger partial charge in [0.2, 0.25) is 23.5 Å². The molecule has 42 nitrogen and oxygen atoms in total. The van der Waals surface area contributed by atoms with Crippen molar-refractivity contribution in [1.82, 2.24) is 82.6 Å². The number of carboxylic acid groups (broad SMARTS) is 3. The normalized spacial score (nSPS) is 11.7. The lowest BCUT2D eigenvalue weighted by Gasteiger charge is -2.34. The van der Waals surface area contributed by atoms with E-state index >= 15 is 0 Å². The van der Waals surface area contributed by atoms with Gasteiger partial charge in [-0.05, 0) is 69.7 Å². The lowest BCUT2D eigenvalue weighted by Crippen LogP contribution is -2.56. The fourth-order valence-electron chi connectivity index (χ4n) is 12.0. The van der Waals surface area contributed by atoms with Crippen LogP contribution < -0.4 is 58.5 Å². The van der Waals surface area contributed by atoms with Crippen molar-refractivity contribution in [1.29, 1.82) is 0 Å². The number of aliphatic carboxylic acids is 3. The van der Waals surface area contributed by atoms with Gasteiger partial charge in [0.25, 0.3) is 53.2 Å². The Balaban J connectivity index is 0.694. The second-order valence-corrected chi connectivity index (χ2v) is 27.3. The van der Waals surface area contributed by atoms with Gasteiger partial charge in [-0.2, -0.15) is 0 Å². The summed E-state index contributed by atoms with van der Waals surface area (Å²) < 4.78 is 11.6. The first-order valence-electron chi connectivity index (χ1n) is 35.5. The Morgan fingerprint density at radius 2 is 0.788 bits per heavy atom. The van der Waals surface area contributed by atoms with Crippen molar-refractivity contribution in [3.63, 3.8) is 0 Å². The molecule has 604 valence electrons. The minimum Gasteiger partial charge on any atom is -0.481 e. The largest absolute Gasteiger partial charge is 0.481 e. The van der Waals surface area contributed by atoms with Crippen LogP contribution in [0.4, 0.5) is 40.1 Å². The molecule has 11 amide bonds. The fourth-order valence-corrected chi connectivity index (χ4v) is 12.0. The molecule has 0 aliphatic heterocycles. The summed E-state index contributed by atoms with van der Waals surface area (Å²) in [5.74, 6) is -8.79. The highest BCUT2D eigenvalue weighted by molar-refractivity contribution is 6.10. The summed E-state index contributed by atoms with van der Waals surface area (Å²) in [5, 5.41) is 57.9. The van der Waals surface area contributed by atoms with Gasteiger partial charge in [0.1, 0.15) is 28.5 Å². The first-order valence-corrected chi connectivity index (χ1v) is 35.5. The zero-order valence-corrected chi connectivity index (χ0v) is 64.1. The molecule has 8 heterocycles. The molecule has 0 saturated heterocycles. The van der Waals surface area contributed by atoms with Gasteiger partial charge in [-0.25, -0.2) is 19.7 Å². The Kier molecular flexibility index (Phi) is 29.2. The number of quaternary nitrogens is 1. The number of hydrogen-bond acceptors (Lipinski definition) is 19. The molecule has 0 aliphatic carbocycles. The van der Waals surface area contributed by atoms with Crippen LogP contribution in [0.25, 0.3) is 0 Å². The maximum atomic E-state index is 13.6. The third-order valence-corrected chi connectivity index (χ3v) is 17.8. The Morgan fingerprint density at radius 1 is 0.381 bits per heavy atom. The van der Waals surface area contributed by atoms with Crippen LogP contribution >= 0.6 is 0 Å². The summed E-state index contributed by atoms with van der Waals surface area (Å²) in [5.41, 5.74) is 2.34. The summed E-state index contributed by atoms with van der Waals surface area (Å²) in [6.45, 7) is 1.12. The van der Waals surface area contributed by atoms with Gasteiger partial charge in [0, 0.05) is 164 Å². The van der Waals surface area contributed by atoms with Crippen molar-refractivity contribution in [2.45, 2.75) is 38.5 Å². The fraction of sp³-hybridized carbons (Fsp3) is 0.394. The van der Waals surface area contributed by atoms with E-state index in [1.807, 2.05) is 11.9 Å². The summed E-state index contributed by atoms with van der Waals surface area (Å²) in [7, 11) is 16.3. The molecule has 0 fully saturated rings. The average Bonchev–Trinajstić information content (AvgIpc) is 1.68. The summed E-state index contributed by atoms with van der Waals surface area (Å²) in [4.78, 5) is 195. The Bertz CT molecular complexity index is 4890. The molecule has 0 aromatic carbocycles. The zero-order chi connectivity index (χ0) is 82.5. The van der Waals surface area contributed by atoms with Crippen LogP contribution in [0.1, 0.15) is 123 Å². The molecule has 8 aromatic rings. The van der Waals surface area contributed by atoms with Gasteiger partial charge in [-0.3, -0.25) is 67.2 Å². The molecule has 0 aliphatic rings. The Labute approximate surface area is 646 Å². The number of likely N-dealkylation sites (N-methyl/N-ethyl adjacent to an activating group) is 1. The first-order chi connectivity index (χ1) is 53.5. The van der Waals surface area contributed by atoms with Crippen molar-refractivity contribution in [2.24, 2.45) is 56.4 Å². The van der Waals surface area contributed by atoms with Gasteiger partial charge in [0.05, 0.1) is 55.0 Å². The van der Waals surface area contributed by atoms with Gasteiger partial charge in [-0.1, -0.05) is 0 Å². The van der Waals surface area contributed by atoms with Crippen molar-refractivity contribution in [2.75, 3.05) is 130 Å². The van der Waals surface area contributed by atoms with Gasteiger partial charge >= 0.3 is 17.9 Å². The highest BCUT2D eigenvalue weighted by Crippen LogP contribution is 2.23. The zero-order valence-electron chi connectivity index (χ0n) is 64.1. The number of imidazole rings is 3. The number of hydrogen-bond donors (Lipinski definition) is 14. The van der Waals surface area contributed by atoms with Crippen molar-refractivity contribution in [3.05, 3.63) is 132 Å². The SMILES string of the molecule is CN(CCCNC(=O)CCNC(=O)c1cc(NC(=O)c2cc(NC(=O)c3cc(NC(=O)c4cc(NC(=O)CCCNC(=O)c5cc(NC(=O)c6nc(NC(=O)c7nc(NC(=O)c8nccn8C)cn7C)cn6C)cn5C)cn4C)cn3C)cn2C)cn1C)CCCNC(=O)C[N+](C)(CCN(CCC(=O)O)CC(=O)O)CC(=O)O. The van der Waals surface area contributed by atoms with E-state index in [1.165, 1.54) is 109 Å². The minimum atomic E-state index is -1.16. The molecule has 8 aromatic heterocycles. The van der Waals surface area contributed by atoms with Gasteiger partial charge in [-0.15, -0.1) is 0 Å². The number of aromatic nitrogens is 11. The maximum absolute atomic E-state index is 13.6. The monoisotopic (exact) mass is 1570 g/mol. The number of rotatable bonds is 42. The molecule has 0 saturated carbocycles. The molecule has 14 N–H and O–H groups in total. The van der Waals surface area contributed by atoms with Crippen molar-refractivity contribution < 1.29 is 86.9 Å². The van der Waals surface area contributed by atoms with E-state index in [0.717, 1.165) is 0 Å². The van der Waals surface area contributed by atoms with E-state index in [2.05, 4.69) is 73.4 Å². The molecule has 0 radical (unpaired) electrons. The molecule has 1 unspecified atom stereocenters. The standard InChI is InChI=1S/C71H93N25O17/c1-86(23-13-19-73-57(99)41-96(10,42-60(104)105)27-26-95(40-59(102)103)24-16-58(100)101)22-12-18-72-55(97)15-20-76-65(107)49-29-44(34-88(49)3)78-67(109)51-32-46(36-91(51)6)80-68(110)52-31-45(35-92(52)7)79-66(108)50-28-43(33-90(50)5)77-56(98)14-11-17-75-64(106)48-30-47(37-89(48)4)81-70(112)62-82-54(39-93(62)8)85-71(113)63-83-53(38-94(63)9)84-69(111)61-74-21-25-87(61)2/h21,25,28-39H,11-20,22-24,26-27,40-42H2,1-10H3,(H13-,72,73,75,76,77,78,79,80,81,84,85,97,98,99,100,101,102,103,104,105,106,107,108,109,110,111,112,113)/p+1. The molecule has 0 spiro atoms. The van der Waals surface area contributed by atoms with E-state index in [1.54, 1.807) is 82.0 Å². The van der Waals surface area contributed by atoms with Crippen LogP contribution in [0.5, 0.6) is 0 Å². The van der Waals surface area contributed by atoms with Crippen LogP contribution in [0.2, 0.25) is 0 Å². The molecule has 8 rings (SSSR count). The number of amides is 11. The highest BCUT2D eigenvalue weighted by atomic mass is 16.4. The molecule has 0 bridgehead atoms. The molecule has 42 heteroatoms. The number of carbonyl (C=O) groups is 14. The lowest BCUT2D eigenvalue weighted by atomic mass is 10.2. The van der Waals surface area contributed by atoms with Crippen LogP contribution in [0.3, 0.4) is 0 Å². The molecule has 113 heavy (non-hydrogen) atoms. The second kappa shape index (κ2) is 38.7. The molecule has 1 atom stereocenters. The lowest BCUT2D eigenvalue weighted by molar-refractivity contribution is -0.894. The second-order valence-electron chi connectivity index (χ2n) is 27.3. The number of carbonyl (C=O) groups excluding carboxylic acids is 11. The summed E-state index contributed by atoms with van der Waals surface area (Å²) in [6.07, 6.45) is 14.8. The summed E-state index contributed by atoms with van der Waals surface area (Å²) >= 11 is 0. The minimum absolute atomic E-state index is 0.00250. The predicted molar refractivity (Wildman–Crippen MR) is 409 cm³/mol. The number of nitrogens with one attached hydrogen (secondary N) is 11. The quantitative estimate of drug-likeness (QED) is 0.0185. The van der Waals surface area contributed by atoms with Crippen LogP contribution in [-0.4, -0.2) is 257 Å². The highest BCUT2D eigenvalue weighted by Gasteiger charge is 2.31. The van der Waals surface area contributed by atoms with E-state index in [-0.39, 0.29) is 150 Å². The van der Waals surface area contributed by atoms with Crippen LogP contribution in [0.15, 0.2) is 86.1 Å². The van der Waals surface area contributed by atoms with E-state index < -0.39 is 90.1 Å². The topological polar surface area (TPSA) is 517 Å². The Morgan fingerprint density at radius 3 is 1.22 bits per heavy atom. The van der Waals surface area contributed by atoms with E-state index in [4.69, 9.17) is 5.11 Å². The molecular formula is C71H94N25O17+. The number of anilines is 7. The summed E-state index contributed by atoms with van der Waals surface area (Å²) in [6, 6.07) is 7.33. The van der Waals surface area contributed by atoms with E-state index in [9.17, 15) is 77.3 Å². The van der Waals surface area contributed by atoms with Crippen molar-refractivity contribution in [3.8, 4) is 0 Å². The number of aryl methyl sites for hydroxylation is 8. The predicted octanol–water partition coefficient (Wildman–Crippen LogP) is 0.699.